The van der Waals surface area contributed by atoms with E-state index in [1.54, 1.807) is 38.1 Å². The Kier molecular flexibility index (Phi) is 8.94. The molecule has 0 aliphatic carbocycles. The number of hydrogen-bond donors (Lipinski definition) is 3. The molecule has 0 unspecified atom stereocenters. The topological polar surface area (TPSA) is 131 Å². The van der Waals surface area contributed by atoms with Crippen LogP contribution in [0, 0.1) is 41.5 Å². The van der Waals surface area contributed by atoms with Gasteiger partial charge in [0.05, 0.1) is 11.3 Å². The van der Waals surface area contributed by atoms with Crippen LogP contribution in [0.4, 0.5) is 0 Å². The standard InChI is InChI=1S/C24H31N3O6S/c1-14-7-9-20(10-8-14)24(30)27-26-21(28)13-33-22(29)11-12-25-34(31,32)23-18(5)16(3)15(2)17(4)19(23)6/h7-10,25H,11-13H2,1-6H3,(H,26,28)(H,27,30). The average Bonchev–Trinajstić information content (AvgIpc) is 2.78. The van der Waals surface area contributed by atoms with E-state index < -0.39 is 34.4 Å². The van der Waals surface area contributed by atoms with Crippen molar-refractivity contribution in [2.45, 2.75) is 52.9 Å². The van der Waals surface area contributed by atoms with Gasteiger partial charge in [-0.15, -0.1) is 0 Å². The molecule has 0 fully saturated rings. The summed E-state index contributed by atoms with van der Waals surface area (Å²) >= 11 is 0. The zero-order valence-electron chi connectivity index (χ0n) is 20.3. The predicted molar refractivity (Wildman–Crippen MR) is 128 cm³/mol. The summed E-state index contributed by atoms with van der Waals surface area (Å²) in [6, 6.07) is 6.74. The van der Waals surface area contributed by atoms with Crippen LogP contribution in [-0.2, 0) is 24.3 Å². The number of hydrogen-bond acceptors (Lipinski definition) is 6. The van der Waals surface area contributed by atoms with Gasteiger partial charge in [0.25, 0.3) is 11.8 Å². The van der Waals surface area contributed by atoms with Crippen molar-refractivity contribution in [2.24, 2.45) is 0 Å². The second-order valence-electron chi connectivity index (χ2n) is 8.13. The molecular weight excluding hydrogens is 458 g/mol. The van der Waals surface area contributed by atoms with Gasteiger partial charge in [-0.3, -0.25) is 25.2 Å². The summed E-state index contributed by atoms with van der Waals surface area (Å²) < 4.78 is 33.0. The molecule has 0 spiro atoms. The summed E-state index contributed by atoms with van der Waals surface area (Å²) in [5, 5.41) is 0. The van der Waals surface area contributed by atoms with E-state index in [0.717, 1.165) is 22.3 Å². The molecule has 0 bridgehead atoms. The normalized spacial score (nSPS) is 11.1. The van der Waals surface area contributed by atoms with Crippen molar-refractivity contribution in [1.82, 2.24) is 15.6 Å². The van der Waals surface area contributed by atoms with Crippen molar-refractivity contribution < 1.29 is 27.5 Å². The van der Waals surface area contributed by atoms with Crippen LogP contribution in [0.25, 0.3) is 0 Å². The van der Waals surface area contributed by atoms with Crippen molar-refractivity contribution >= 4 is 27.8 Å². The number of amides is 2. The van der Waals surface area contributed by atoms with Gasteiger partial charge >= 0.3 is 5.97 Å². The van der Waals surface area contributed by atoms with Crippen molar-refractivity contribution in [3.63, 3.8) is 0 Å². The van der Waals surface area contributed by atoms with E-state index in [4.69, 9.17) is 4.74 Å². The van der Waals surface area contributed by atoms with Crippen LogP contribution in [0.5, 0.6) is 0 Å². The third-order valence-electron chi connectivity index (χ3n) is 5.81. The molecule has 2 aromatic carbocycles. The molecule has 0 heterocycles. The Bertz CT molecular complexity index is 1180. The van der Waals surface area contributed by atoms with Crippen molar-refractivity contribution in [2.75, 3.05) is 13.2 Å². The molecule has 0 radical (unpaired) electrons. The first-order valence-corrected chi connectivity index (χ1v) is 12.2. The van der Waals surface area contributed by atoms with Gasteiger partial charge in [-0.2, -0.15) is 0 Å². The van der Waals surface area contributed by atoms with Crippen molar-refractivity contribution in [3.05, 3.63) is 63.2 Å². The van der Waals surface area contributed by atoms with Crippen molar-refractivity contribution in [1.29, 1.82) is 0 Å². The van der Waals surface area contributed by atoms with Gasteiger partial charge in [-0.25, -0.2) is 13.1 Å². The van der Waals surface area contributed by atoms with Gasteiger partial charge in [-0.05, 0) is 81.5 Å². The molecule has 0 atom stereocenters. The smallest absolute Gasteiger partial charge is 0.307 e. The van der Waals surface area contributed by atoms with Crippen LogP contribution in [0.15, 0.2) is 29.2 Å². The molecule has 184 valence electrons. The zero-order chi connectivity index (χ0) is 25.6. The van der Waals surface area contributed by atoms with Crippen LogP contribution in [0.2, 0.25) is 0 Å². The van der Waals surface area contributed by atoms with Crippen LogP contribution < -0.4 is 15.6 Å². The number of rotatable bonds is 8. The van der Waals surface area contributed by atoms with E-state index >= 15 is 0 Å². The number of carbonyl (C=O) groups excluding carboxylic acids is 3. The Balaban J connectivity index is 1.82. The number of hydrazine groups is 1. The Morgan fingerprint density at radius 1 is 0.794 bits per heavy atom. The SMILES string of the molecule is Cc1ccc(C(=O)NNC(=O)COC(=O)CCNS(=O)(=O)c2c(C)c(C)c(C)c(C)c2C)cc1. The van der Waals surface area contributed by atoms with E-state index in [-0.39, 0.29) is 17.9 Å². The summed E-state index contributed by atoms with van der Waals surface area (Å²) in [4.78, 5) is 35.9. The van der Waals surface area contributed by atoms with Crippen LogP contribution in [0.3, 0.4) is 0 Å². The van der Waals surface area contributed by atoms with E-state index in [1.165, 1.54) is 0 Å². The van der Waals surface area contributed by atoms with E-state index in [9.17, 15) is 22.8 Å². The first kappa shape index (κ1) is 27.0. The van der Waals surface area contributed by atoms with E-state index in [0.29, 0.717) is 16.7 Å². The molecule has 2 amide bonds. The lowest BCUT2D eigenvalue weighted by atomic mass is 9.95. The molecule has 2 aromatic rings. The molecule has 0 saturated carbocycles. The first-order chi connectivity index (χ1) is 15.8. The van der Waals surface area contributed by atoms with E-state index in [1.807, 2.05) is 27.7 Å². The van der Waals surface area contributed by atoms with E-state index in [2.05, 4.69) is 15.6 Å². The minimum absolute atomic E-state index is 0.183. The van der Waals surface area contributed by atoms with Gasteiger partial charge < -0.3 is 4.74 Å². The highest BCUT2D eigenvalue weighted by Crippen LogP contribution is 2.29. The number of carbonyl (C=O) groups is 3. The predicted octanol–water partition coefficient (Wildman–Crippen LogP) is 2.21. The number of ether oxygens (including phenoxy) is 1. The zero-order valence-corrected chi connectivity index (χ0v) is 21.1. The fraction of sp³-hybridized carbons (Fsp3) is 0.375. The monoisotopic (exact) mass is 489 g/mol. The third kappa shape index (κ3) is 6.64. The fourth-order valence-electron chi connectivity index (χ4n) is 3.39. The number of esters is 1. The molecule has 9 nitrogen and oxygen atoms in total. The maximum Gasteiger partial charge on any atom is 0.307 e. The molecule has 0 aliphatic heterocycles. The third-order valence-corrected chi connectivity index (χ3v) is 7.55. The Morgan fingerprint density at radius 3 is 1.88 bits per heavy atom. The summed E-state index contributed by atoms with van der Waals surface area (Å²) in [7, 11) is -3.84. The second kappa shape index (κ2) is 11.3. The molecular formula is C24H31N3O6S. The Morgan fingerprint density at radius 2 is 1.32 bits per heavy atom. The van der Waals surface area contributed by atoms with Crippen LogP contribution in [-0.4, -0.2) is 39.4 Å². The second-order valence-corrected chi connectivity index (χ2v) is 9.83. The molecule has 0 saturated heterocycles. The number of nitrogens with one attached hydrogen (secondary N) is 3. The van der Waals surface area contributed by atoms with Crippen LogP contribution in [0.1, 0.15) is 50.2 Å². The van der Waals surface area contributed by atoms with Crippen LogP contribution >= 0.6 is 0 Å². The van der Waals surface area contributed by atoms with Gasteiger partial charge in [0.2, 0.25) is 10.0 Å². The number of benzene rings is 2. The lowest BCUT2D eigenvalue weighted by Crippen LogP contribution is -2.43. The Hall–Kier alpha value is -3.24. The number of aryl methyl sites for hydroxylation is 1. The molecule has 0 aromatic heterocycles. The summed E-state index contributed by atoms with van der Waals surface area (Å²) in [6.07, 6.45) is -0.260. The lowest BCUT2D eigenvalue weighted by molar-refractivity contribution is -0.148. The summed E-state index contributed by atoms with van der Waals surface area (Å²) in [5.74, 6) is -2.00. The largest absolute Gasteiger partial charge is 0.455 e. The number of sulfonamides is 1. The van der Waals surface area contributed by atoms with Gasteiger partial charge in [0, 0.05) is 12.1 Å². The molecule has 3 N–H and O–H groups in total. The molecule has 0 aliphatic rings. The summed E-state index contributed by atoms with van der Waals surface area (Å²) in [6.45, 7) is 10.3. The van der Waals surface area contributed by atoms with Crippen molar-refractivity contribution in [3.8, 4) is 0 Å². The highest BCUT2D eigenvalue weighted by Gasteiger charge is 2.23. The first-order valence-electron chi connectivity index (χ1n) is 10.7. The minimum Gasteiger partial charge on any atom is -0.455 e. The quantitative estimate of drug-likeness (QED) is 0.385. The molecule has 34 heavy (non-hydrogen) atoms. The minimum atomic E-state index is -3.84. The highest BCUT2D eigenvalue weighted by atomic mass is 32.2. The Labute approximate surface area is 200 Å². The van der Waals surface area contributed by atoms with Gasteiger partial charge in [0.1, 0.15) is 0 Å². The molecule has 10 heteroatoms. The summed E-state index contributed by atoms with van der Waals surface area (Å²) in [5.41, 5.74) is 9.92. The molecule has 2 rings (SSSR count). The fourth-order valence-corrected chi connectivity index (χ4v) is 5.01. The highest BCUT2D eigenvalue weighted by molar-refractivity contribution is 7.89. The maximum atomic E-state index is 12.9. The van der Waals surface area contributed by atoms with Gasteiger partial charge in [-0.1, -0.05) is 17.7 Å². The average molecular weight is 490 g/mol. The lowest BCUT2D eigenvalue weighted by Gasteiger charge is -2.19. The maximum absolute atomic E-state index is 12.9. The van der Waals surface area contributed by atoms with Gasteiger partial charge in [0.15, 0.2) is 6.61 Å².